The molecule has 18 heavy (non-hydrogen) atoms. The minimum atomic E-state index is -0.470. The van der Waals surface area contributed by atoms with Crippen LogP contribution in [-0.4, -0.2) is 31.6 Å². The summed E-state index contributed by atoms with van der Waals surface area (Å²) in [6.07, 6.45) is 0.237. The lowest BCUT2D eigenvalue weighted by molar-refractivity contribution is -0.153. The van der Waals surface area contributed by atoms with Gasteiger partial charge in [-0.05, 0) is 31.5 Å². The number of nitrogens with one attached hydrogen (secondary N) is 1. The summed E-state index contributed by atoms with van der Waals surface area (Å²) >= 11 is 0. The van der Waals surface area contributed by atoms with Crippen LogP contribution in [0.5, 0.6) is 5.75 Å². The molecule has 1 unspecified atom stereocenters. The molecule has 0 amide bonds. The number of hydrogen-bond acceptors (Lipinski definition) is 4. The van der Waals surface area contributed by atoms with E-state index in [4.69, 9.17) is 14.2 Å². The first-order valence-electron chi connectivity index (χ1n) is 6.32. The quantitative estimate of drug-likeness (QED) is 0.868. The van der Waals surface area contributed by atoms with Crippen LogP contribution in [0.3, 0.4) is 0 Å². The van der Waals surface area contributed by atoms with Crippen LogP contribution in [0.2, 0.25) is 0 Å². The van der Waals surface area contributed by atoms with Gasteiger partial charge < -0.3 is 19.5 Å². The third-order valence-electron chi connectivity index (χ3n) is 3.56. The number of rotatable bonds is 2. The number of fused-ring (bicyclic) bond motifs is 1. The summed E-state index contributed by atoms with van der Waals surface area (Å²) in [7, 11) is 1.68. The molecule has 1 N–H and O–H groups in total. The Labute approximate surface area is 107 Å². The van der Waals surface area contributed by atoms with Gasteiger partial charge in [-0.15, -0.1) is 0 Å². The van der Waals surface area contributed by atoms with Crippen molar-refractivity contribution in [3.63, 3.8) is 0 Å². The van der Waals surface area contributed by atoms with Gasteiger partial charge in [0.25, 0.3) is 0 Å². The lowest BCUT2D eigenvalue weighted by Crippen LogP contribution is -2.29. The van der Waals surface area contributed by atoms with E-state index in [2.05, 4.69) is 17.4 Å². The van der Waals surface area contributed by atoms with E-state index < -0.39 is 5.79 Å². The van der Waals surface area contributed by atoms with Gasteiger partial charge in [-0.1, -0.05) is 12.1 Å². The number of hydrogen-bond donors (Lipinski definition) is 1. The smallest absolute Gasteiger partial charge is 0.163 e. The fourth-order valence-electron chi connectivity index (χ4n) is 2.78. The minimum Gasteiger partial charge on any atom is -0.497 e. The van der Waals surface area contributed by atoms with Gasteiger partial charge in [0.1, 0.15) is 18.0 Å². The monoisotopic (exact) mass is 249 g/mol. The van der Waals surface area contributed by atoms with Crippen molar-refractivity contribution in [1.82, 2.24) is 5.32 Å². The van der Waals surface area contributed by atoms with Crippen molar-refractivity contribution in [2.75, 3.05) is 13.7 Å². The maximum absolute atomic E-state index is 5.98. The summed E-state index contributed by atoms with van der Waals surface area (Å²) < 4.78 is 17.0. The van der Waals surface area contributed by atoms with Gasteiger partial charge >= 0.3 is 0 Å². The summed E-state index contributed by atoms with van der Waals surface area (Å²) in [6, 6.07) is 8.31. The summed E-state index contributed by atoms with van der Waals surface area (Å²) in [5.41, 5.74) is 1.21. The predicted molar refractivity (Wildman–Crippen MR) is 67.6 cm³/mol. The molecule has 0 aliphatic carbocycles. The Morgan fingerprint density at radius 1 is 1.22 bits per heavy atom. The topological polar surface area (TPSA) is 39.7 Å². The van der Waals surface area contributed by atoms with E-state index in [1.54, 1.807) is 7.11 Å². The molecule has 2 aliphatic rings. The fraction of sp³-hybridized carbons (Fsp3) is 0.571. The van der Waals surface area contributed by atoms with E-state index >= 15 is 0 Å². The van der Waals surface area contributed by atoms with Crippen LogP contribution in [-0.2, 0) is 9.47 Å². The summed E-state index contributed by atoms with van der Waals surface area (Å²) in [4.78, 5) is 0. The van der Waals surface area contributed by atoms with E-state index in [9.17, 15) is 0 Å². The lowest BCUT2D eigenvalue weighted by Gasteiger charge is -2.22. The first-order chi connectivity index (χ1) is 8.59. The zero-order chi connectivity index (χ0) is 12.8. The normalized spacial score (nSPS) is 33.4. The van der Waals surface area contributed by atoms with Gasteiger partial charge in [-0.25, -0.2) is 0 Å². The highest BCUT2D eigenvalue weighted by Gasteiger charge is 2.49. The molecule has 0 bridgehead atoms. The van der Waals surface area contributed by atoms with E-state index in [1.807, 2.05) is 26.0 Å². The van der Waals surface area contributed by atoms with Crippen molar-refractivity contribution in [1.29, 1.82) is 0 Å². The zero-order valence-electron chi connectivity index (χ0n) is 11.0. The van der Waals surface area contributed by atoms with E-state index in [0.29, 0.717) is 0 Å². The second-order valence-electron chi connectivity index (χ2n) is 5.30. The molecule has 2 saturated heterocycles. The Morgan fingerprint density at radius 2 is 1.94 bits per heavy atom. The Bertz CT molecular complexity index is 429. The molecule has 3 atom stereocenters. The molecular formula is C14H19NO3. The number of methoxy groups -OCH3 is 1. The Morgan fingerprint density at radius 3 is 2.61 bits per heavy atom. The third kappa shape index (κ3) is 2.00. The van der Waals surface area contributed by atoms with E-state index in [-0.39, 0.29) is 18.2 Å². The molecule has 3 rings (SSSR count). The zero-order valence-corrected chi connectivity index (χ0v) is 11.0. The molecule has 0 aromatic heterocycles. The van der Waals surface area contributed by atoms with Gasteiger partial charge in [0.15, 0.2) is 5.79 Å². The van der Waals surface area contributed by atoms with Gasteiger partial charge in [0, 0.05) is 6.54 Å². The molecule has 4 nitrogen and oxygen atoms in total. The summed E-state index contributed by atoms with van der Waals surface area (Å²) in [6.45, 7) is 4.78. The van der Waals surface area contributed by atoms with Gasteiger partial charge in [-0.2, -0.15) is 0 Å². The molecule has 1 aromatic rings. The average molecular weight is 249 g/mol. The highest BCUT2D eigenvalue weighted by atomic mass is 16.8. The Kier molecular flexibility index (Phi) is 2.81. The van der Waals surface area contributed by atoms with Crippen molar-refractivity contribution in [2.24, 2.45) is 0 Å². The van der Waals surface area contributed by atoms with Gasteiger partial charge in [-0.3, -0.25) is 0 Å². The third-order valence-corrected chi connectivity index (χ3v) is 3.56. The molecule has 2 heterocycles. The maximum atomic E-state index is 5.98. The van der Waals surface area contributed by atoms with Crippen LogP contribution >= 0.6 is 0 Å². The van der Waals surface area contributed by atoms with Crippen molar-refractivity contribution < 1.29 is 14.2 Å². The first kappa shape index (κ1) is 12.0. The fourth-order valence-corrected chi connectivity index (χ4v) is 2.78. The average Bonchev–Trinajstić information content (AvgIpc) is 2.84. The van der Waals surface area contributed by atoms with Crippen LogP contribution in [0.15, 0.2) is 24.3 Å². The molecule has 4 heteroatoms. The van der Waals surface area contributed by atoms with Crippen molar-refractivity contribution in [2.45, 2.75) is 37.9 Å². The largest absolute Gasteiger partial charge is 0.497 e. The molecule has 98 valence electrons. The van der Waals surface area contributed by atoms with Gasteiger partial charge in [0.2, 0.25) is 0 Å². The molecule has 2 fully saturated rings. The minimum absolute atomic E-state index is 0.0911. The van der Waals surface area contributed by atoms with Gasteiger partial charge in [0.05, 0.1) is 13.2 Å². The highest BCUT2D eigenvalue weighted by Crippen LogP contribution is 2.38. The van der Waals surface area contributed by atoms with Crippen LogP contribution in [0.25, 0.3) is 0 Å². The lowest BCUT2D eigenvalue weighted by atomic mass is 10.0. The summed E-state index contributed by atoms with van der Waals surface area (Å²) in [5, 5.41) is 3.46. The molecule has 0 spiro atoms. The second-order valence-corrected chi connectivity index (χ2v) is 5.30. The molecule has 1 aromatic carbocycles. The molecular weight excluding hydrogens is 230 g/mol. The second kappa shape index (κ2) is 4.23. The summed E-state index contributed by atoms with van der Waals surface area (Å²) in [5.74, 6) is 0.402. The maximum Gasteiger partial charge on any atom is 0.163 e. The highest BCUT2D eigenvalue weighted by molar-refractivity contribution is 5.31. The first-order valence-corrected chi connectivity index (χ1v) is 6.32. The number of benzene rings is 1. The predicted octanol–water partition coefficient (Wildman–Crippen LogP) is 1.86. The molecule has 0 saturated carbocycles. The SMILES string of the molecule is COc1ccc(C2NC[C@H]3OC(C)(C)O[C@@H]23)cc1. The standard InChI is InChI=1S/C14H19NO3/c1-14(2)17-11-8-15-12(13(11)18-14)9-4-6-10(16-3)7-5-9/h4-7,11-13,15H,8H2,1-3H3/t11-,12?,13-/m1/s1. The van der Waals surface area contributed by atoms with Crippen molar-refractivity contribution in [3.8, 4) is 5.75 Å². The molecule has 2 aliphatic heterocycles. The van der Waals surface area contributed by atoms with E-state index in [0.717, 1.165) is 12.3 Å². The van der Waals surface area contributed by atoms with Crippen LogP contribution in [0, 0.1) is 0 Å². The Hall–Kier alpha value is -1.10. The van der Waals surface area contributed by atoms with Crippen molar-refractivity contribution in [3.05, 3.63) is 29.8 Å². The van der Waals surface area contributed by atoms with E-state index in [1.165, 1.54) is 5.56 Å². The van der Waals surface area contributed by atoms with Crippen LogP contribution in [0.1, 0.15) is 25.5 Å². The van der Waals surface area contributed by atoms with Crippen LogP contribution < -0.4 is 10.1 Å². The van der Waals surface area contributed by atoms with Crippen LogP contribution in [0.4, 0.5) is 0 Å². The molecule has 0 radical (unpaired) electrons. The Balaban J connectivity index is 1.80. The number of ether oxygens (including phenoxy) is 3. The van der Waals surface area contributed by atoms with Crippen molar-refractivity contribution >= 4 is 0 Å².